The number of amides is 5. The molecule has 0 aromatic heterocycles. The molecule has 4 N–H and O–H groups in total. The van der Waals surface area contributed by atoms with Gasteiger partial charge in [-0.1, -0.05) is 61.8 Å². The lowest BCUT2D eigenvalue weighted by atomic mass is 9.85. The van der Waals surface area contributed by atoms with E-state index in [0.29, 0.717) is 12.8 Å². The summed E-state index contributed by atoms with van der Waals surface area (Å²) < 4.78 is 4.93. The number of rotatable bonds is 18. The molecular formula is C33H57N5O7. The normalized spacial score (nSPS) is 19.8. The van der Waals surface area contributed by atoms with Crippen molar-refractivity contribution < 1.29 is 33.5 Å². The predicted octanol–water partition coefficient (Wildman–Crippen LogP) is 2.58. The third-order valence-electron chi connectivity index (χ3n) is 8.85. The van der Waals surface area contributed by atoms with Crippen LogP contribution < -0.4 is 21.3 Å². The number of Topliss-reactive ketones (excluding diaryl/α,β-unsaturated/α-hetero) is 2. The minimum Gasteiger partial charge on any atom is -0.383 e. The molecule has 2 saturated carbocycles. The molecule has 2 aliphatic rings. The Labute approximate surface area is 268 Å². The van der Waals surface area contributed by atoms with E-state index >= 15 is 0 Å². The SMILES string of the molecule is CCCC(NC(=O)[C@H]([C@@H]1CC1(C)C)N(CC)C(=O)[C@@H](NC(=O)N[C@H](C(=O)C1CC1)C(C)C)C(C)(C)C)C(=O)C(=O)NCCOC. The number of ether oxygens (including phenoxy) is 1. The lowest BCUT2D eigenvalue weighted by molar-refractivity contribution is -0.146. The lowest BCUT2D eigenvalue weighted by Crippen LogP contribution is -2.63. The van der Waals surface area contributed by atoms with Crippen molar-refractivity contribution in [1.82, 2.24) is 26.2 Å². The van der Waals surface area contributed by atoms with Crippen LogP contribution in [-0.2, 0) is 28.7 Å². The molecule has 256 valence electrons. The molecule has 5 atom stereocenters. The standard InChI is InChI=1S/C33H57N5O7/c1-11-13-22(26(40)29(42)34-16-17-45-10)35-28(41)24(21-18-33(21,8)9)38(12-2)30(43)27(32(5,6)7)37-31(44)36-23(19(3)4)25(39)20-14-15-20/h19-24,27H,11-18H2,1-10H3,(H,34,42)(H,35,41)(H2,36,37,44)/t21-,22?,23-,24-,27+/m0/s1. The van der Waals surface area contributed by atoms with E-state index in [-0.39, 0.29) is 55.1 Å². The molecular weight excluding hydrogens is 578 g/mol. The first-order chi connectivity index (χ1) is 20.9. The van der Waals surface area contributed by atoms with Crippen molar-refractivity contribution in [2.75, 3.05) is 26.8 Å². The van der Waals surface area contributed by atoms with Crippen molar-refractivity contribution in [2.24, 2.45) is 28.6 Å². The van der Waals surface area contributed by atoms with Gasteiger partial charge in [-0.2, -0.15) is 0 Å². The Kier molecular flexibility index (Phi) is 13.6. The Morgan fingerprint density at radius 3 is 2.02 bits per heavy atom. The van der Waals surface area contributed by atoms with Crippen LogP contribution in [0.15, 0.2) is 0 Å². The predicted molar refractivity (Wildman–Crippen MR) is 171 cm³/mol. The lowest BCUT2D eigenvalue weighted by Gasteiger charge is -2.39. The fourth-order valence-electron chi connectivity index (χ4n) is 5.72. The largest absolute Gasteiger partial charge is 0.383 e. The average Bonchev–Trinajstić information content (AvgIpc) is 3.88. The van der Waals surface area contributed by atoms with Gasteiger partial charge >= 0.3 is 6.03 Å². The summed E-state index contributed by atoms with van der Waals surface area (Å²) in [5.41, 5.74) is -0.968. The summed E-state index contributed by atoms with van der Waals surface area (Å²) >= 11 is 0. The van der Waals surface area contributed by atoms with Crippen LogP contribution in [0.3, 0.4) is 0 Å². The zero-order valence-electron chi connectivity index (χ0n) is 29.0. The molecule has 12 nitrogen and oxygen atoms in total. The van der Waals surface area contributed by atoms with E-state index in [1.807, 2.05) is 55.4 Å². The molecule has 0 heterocycles. The molecule has 0 bridgehead atoms. The second-order valence-corrected chi connectivity index (χ2v) is 14.6. The fraction of sp³-hybridized carbons (Fsp3) is 0.818. The number of likely N-dealkylation sites (N-methyl/N-ethyl adjacent to an activating group) is 1. The quantitative estimate of drug-likeness (QED) is 0.133. The van der Waals surface area contributed by atoms with Gasteiger partial charge in [-0.3, -0.25) is 24.0 Å². The van der Waals surface area contributed by atoms with Crippen LogP contribution in [0.2, 0.25) is 0 Å². The molecule has 2 rings (SSSR count). The second kappa shape index (κ2) is 16.0. The maximum atomic E-state index is 14.3. The van der Waals surface area contributed by atoms with E-state index in [1.165, 1.54) is 12.0 Å². The maximum Gasteiger partial charge on any atom is 0.316 e. The minimum absolute atomic E-state index is 0.00484. The third-order valence-corrected chi connectivity index (χ3v) is 8.85. The maximum absolute atomic E-state index is 14.3. The van der Waals surface area contributed by atoms with E-state index in [2.05, 4.69) is 21.3 Å². The Morgan fingerprint density at radius 1 is 0.978 bits per heavy atom. The Morgan fingerprint density at radius 2 is 1.58 bits per heavy atom. The van der Waals surface area contributed by atoms with Gasteiger partial charge in [-0.15, -0.1) is 0 Å². The molecule has 0 spiro atoms. The Balaban J connectivity index is 2.32. The molecule has 1 unspecified atom stereocenters. The van der Waals surface area contributed by atoms with Crippen molar-refractivity contribution in [3.8, 4) is 0 Å². The number of hydrogen-bond acceptors (Lipinski definition) is 7. The molecule has 5 amide bonds. The number of hydrogen-bond donors (Lipinski definition) is 4. The smallest absolute Gasteiger partial charge is 0.316 e. The molecule has 45 heavy (non-hydrogen) atoms. The number of nitrogens with zero attached hydrogens (tertiary/aromatic N) is 1. The Bertz CT molecular complexity index is 1100. The molecule has 12 heteroatoms. The second-order valence-electron chi connectivity index (χ2n) is 14.6. The van der Waals surface area contributed by atoms with Gasteiger partial charge in [-0.25, -0.2) is 4.79 Å². The summed E-state index contributed by atoms with van der Waals surface area (Å²) in [4.78, 5) is 81.5. The van der Waals surface area contributed by atoms with Crippen LogP contribution in [0.5, 0.6) is 0 Å². The zero-order chi connectivity index (χ0) is 34.3. The van der Waals surface area contributed by atoms with Crippen LogP contribution in [0.1, 0.15) is 94.4 Å². The number of carbonyl (C=O) groups is 6. The van der Waals surface area contributed by atoms with Gasteiger partial charge in [0, 0.05) is 26.1 Å². The van der Waals surface area contributed by atoms with E-state index in [1.54, 1.807) is 6.92 Å². The molecule has 0 aromatic rings. The number of carbonyl (C=O) groups excluding carboxylic acids is 6. The van der Waals surface area contributed by atoms with E-state index < -0.39 is 59.1 Å². The van der Waals surface area contributed by atoms with E-state index in [9.17, 15) is 28.8 Å². The topological polar surface area (TPSA) is 163 Å². The highest BCUT2D eigenvalue weighted by Crippen LogP contribution is 2.55. The van der Waals surface area contributed by atoms with Crippen molar-refractivity contribution in [3.05, 3.63) is 0 Å². The third kappa shape index (κ3) is 10.5. The van der Waals surface area contributed by atoms with Crippen molar-refractivity contribution in [2.45, 2.75) is 119 Å². The van der Waals surface area contributed by atoms with Gasteiger partial charge < -0.3 is 30.9 Å². The highest BCUT2D eigenvalue weighted by molar-refractivity contribution is 6.38. The molecule has 0 radical (unpaired) electrons. The minimum atomic E-state index is -1.05. The number of ketones is 2. The molecule has 0 saturated heterocycles. The number of nitrogens with one attached hydrogen (secondary N) is 4. The first-order valence-electron chi connectivity index (χ1n) is 16.4. The van der Waals surface area contributed by atoms with Gasteiger partial charge in [0.1, 0.15) is 12.1 Å². The molecule has 2 fully saturated rings. The molecule has 0 aromatic carbocycles. The van der Waals surface area contributed by atoms with Crippen LogP contribution in [0.4, 0.5) is 4.79 Å². The zero-order valence-corrected chi connectivity index (χ0v) is 29.0. The summed E-state index contributed by atoms with van der Waals surface area (Å²) in [5.74, 6) is -2.84. The van der Waals surface area contributed by atoms with E-state index in [0.717, 1.165) is 12.8 Å². The van der Waals surface area contributed by atoms with Crippen molar-refractivity contribution >= 4 is 35.3 Å². The van der Waals surface area contributed by atoms with Crippen LogP contribution >= 0.6 is 0 Å². The monoisotopic (exact) mass is 635 g/mol. The van der Waals surface area contributed by atoms with Gasteiger partial charge in [-0.05, 0) is 55.3 Å². The Hall–Kier alpha value is -3.02. The van der Waals surface area contributed by atoms with Crippen molar-refractivity contribution in [3.63, 3.8) is 0 Å². The van der Waals surface area contributed by atoms with Crippen LogP contribution in [0.25, 0.3) is 0 Å². The molecule has 2 aliphatic carbocycles. The highest BCUT2D eigenvalue weighted by Gasteiger charge is 2.56. The fourth-order valence-corrected chi connectivity index (χ4v) is 5.72. The van der Waals surface area contributed by atoms with Crippen molar-refractivity contribution in [1.29, 1.82) is 0 Å². The van der Waals surface area contributed by atoms with Gasteiger partial charge in [0.05, 0.1) is 18.7 Å². The van der Waals surface area contributed by atoms with E-state index in [4.69, 9.17) is 4.74 Å². The molecule has 0 aliphatic heterocycles. The van der Waals surface area contributed by atoms with Gasteiger partial charge in [0.2, 0.25) is 17.6 Å². The summed E-state index contributed by atoms with van der Waals surface area (Å²) in [5, 5.41) is 10.9. The van der Waals surface area contributed by atoms with Gasteiger partial charge in [0.15, 0.2) is 5.78 Å². The van der Waals surface area contributed by atoms with Crippen LogP contribution in [0, 0.1) is 28.6 Å². The van der Waals surface area contributed by atoms with Gasteiger partial charge in [0.25, 0.3) is 5.91 Å². The summed E-state index contributed by atoms with van der Waals surface area (Å²) in [6, 6.07) is -4.27. The first kappa shape index (κ1) is 38.2. The van der Waals surface area contributed by atoms with Crippen LogP contribution in [-0.4, -0.2) is 91.2 Å². The summed E-state index contributed by atoms with van der Waals surface area (Å²) in [6.45, 7) is 17.5. The number of urea groups is 1. The first-order valence-corrected chi connectivity index (χ1v) is 16.4. The summed E-state index contributed by atoms with van der Waals surface area (Å²) in [7, 11) is 1.49. The highest BCUT2D eigenvalue weighted by atomic mass is 16.5. The average molecular weight is 636 g/mol. The number of methoxy groups -OCH3 is 1. The summed E-state index contributed by atoms with van der Waals surface area (Å²) in [6.07, 6.45) is 3.14.